The second-order valence-corrected chi connectivity index (χ2v) is 5.20. The molecule has 1 aromatic heterocycles. The lowest BCUT2D eigenvalue weighted by Crippen LogP contribution is -2.38. The summed E-state index contributed by atoms with van der Waals surface area (Å²) in [6.07, 6.45) is 0.445. The molecule has 1 heterocycles. The first-order valence-electron chi connectivity index (χ1n) is 6.72. The van der Waals surface area contributed by atoms with Crippen LogP contribution in [0.4, 0.5) is 5.69 Å². The fourth-order valence-electron chi connectivity index (χ4n) is 1.55. The van der Waals surface area contributed by atoms with Gasteiger partial charge in [0.15, 0.2) is 6.10 Å². The highest BCUT2D eigenvalue weighted by Gasteiger charge is 2.18. The SMILES string of the molecule is CC(C)CNC(=O)C(C)OC(=O)Cn1cc(N)ccc1=O. The molecule has 0 spiro atoms. The van der Waals surface area contributed by atoms with E-state index in [0.717, 1.165) is 4.57 Å². The molecule has 0 aliphatic carbocycles. The summed E-state index contributed by atoms with van der Waals surface area (Å²) in [6, 6.07) is 2.72. The van der Waals surface area contributed by atoms with Gasteiger partial charge in [-0.15, -0.1) is 0 Å². The zero-order chi connectivity index (χ0) is 16.0. The number of pyridine rings is 1. The van der Waals surface area contributed by atoms with Crippen LogP contribution in [0.2, 0.25) is 0 Å². The number of hydrogen-bond acceptors (Lipinski definition) is 5. The van der Waals surface area contributed by atoms with Crippen LogP contribution in [-0.4, -0.2) is 29.1 Å². The maximum atomic E-state index is 11.7. The molecule has 7 heteroatoms. The molecule has 0 fully saturated rings. The number of aromatic nitrogens is 1. The first kappa shape index (κ1) is 16.7. The highest BCUT2D eigenvalue weighted by molar-refractivity contribution is 5.83. The standard InChI is InChI=1S/C14H21N3O4/c1-9(2)6-16-14(20)10(3)21-13(19)8-17-7-11(15)4-5-12(17)18/h4-5,7,9-10H,6,8,15H2,1-3H3,(H,16,20). The first-order chi connectivity index (χ1) is 9.79. The van der Waals surface area contributed by atoms with Gasteiger partial charge in [-0.05, 0) is 18.9 Å². The van der Waals surface area contributed by atoms with E-state index in [-0.39, 0.29) is 18.0 Å². The van der Waals surface area contributed by atoms with Crippen LogP contribution in [0.1, 0.15) is 20.8 Å². The van der Waals surface area contributed by atoms with Crippen molar-refractivity contribution < 1.29 is 14.3 Å². The molecule has 1 unspecified atom stereocenters. The number of carbonyl (C=O) groups is 2. The molecule has 0 bridgehead atoms. The van der Waals surface area contributed by atoms with Crippen molar-refractivity contribution in [3.63, 3.8) is 0 Å². The maximum Gasteiger partial charge on any atom is 0.326 e. The summed E-state index contributed by atoms with van der Waals surface area (Å²) in [5.41, 5.74) is 5.55. The van der Waals surface area contributed by atoms with Gasteiger partial charge in [0, 0.05) is 24.5 Å². The number of rotatable bonds is 6. The van der Waals surface area contributed by atoms with E-state index in [1.54, 1.807) is 0 Å². The Kier molecular flexibility index (Phi) is 5.95. The number of nitrogens with one attached hydrogen (secondary N) is 1. The number of hydrogen-bond donors (Lipinski definition) is 2. The third kappa shape index (κ3) is 5.68. The van der Waals surface area contributed by atoms with Gasteiger partial charge in [-0.2, -0.15) is 0 Å². The van der Waals surface area contributed by atoms with E-state index in [1.807, 2.05) is 13.8 Å². The summed E-state index contributed by atoms with van der Waals surface area (Å²) in [7, 11) is 0. The molecule has 0 saturated carbocycles. The summed E-state index contributed by atoms with van der Waals surface area (Å²) < 4.78 is 6.13. The van der Waals surface area contributed by atoms with E-state index in [0.29, 0.717) is 18.2 Å². The quantitative estimate of drug-likeness (QED) is 0.726. The number of carbonyl (C=O) groups excluding carboxylic acids is 2. The van der Waals surface area contributed by atoms with E-state index < -0.39 is 12.1 Å². The van der Waals surface area contributed by atoms with Gasteiger partial charge in [0.25, 0.3) is 11.5 Å². The normalized spacial score (nSPS) is 12.0. The van der Waals surface area contributed by atoms with Crippen LogP contribution in [0.5, 0.6) is 0 Å². The van der Waals surface area contributed by atoms with Crippen molar-refractivity contribution in [2.45, 2.75) is 33.4 Å². The highest BCUT2D eigenvalue weighted by Crippen LogP contribution is 1.99. The van der Waals surface area contributed by atoms with Gasteiger partial charge in [0.2, 0.25) is 0 Å². The monoisotopic (exact) mass is 295 g/mol. The number of esters is 1. The summed E-state index contributed by atoms with van der Waals surface area (Å²) in [5.74, 6) is -0.727. The van der Waals surface area contributed by atoms with Crippen molar-refractivity contribution in [3.8, 4) is 0 Å². The minimum atomic E-state index is -0.909. The highest BCUT2D eigenvalue weighted by atomic mass is 16.5. The summed E-state index contributed by atoms with van der Waals surface area (Å²) >= 11 is 0. The lowest BCUT2D eigenvalue weighted by Gasteiger charge is -2.15. The minimum Gasteiger partial charge on any atom is -0.451 e. The molecule has 0 aliphatic rings. The predicted octanol–water partition coefficient (Wildman–Crippen LogP) is 0.134. The number of amides is 1. The van der Waals surface area contributed by atoms with Crippen molar-refractivity contribution >= 4 is 17.6 Å². The Morgan fingerprint density at radius 2 is 2.00 bits per heavy atom. The predicted molar refractivity (Wildman–Crippen MR) is 78.5 cm³/mol. The number of ether oxygens (including phenoxy) is 1. The Morgan fingerprint density at radius 1 is 1.33 bits per heavy atom. The van der Waals surface area contributed by atoms with Crippen molar-refractivity contribution in [3.05, 3.63) is 28.7 Å². The average molecular weight is 295 g/mol. The Bertz CT molecular complexity index is 566. The first-order valence-corrected chi connectivity index (χ1v) is 6.72. The second kappa shape index (κ2) is 7.47. The van der Waals surface area contributed by atoms with Gasteiger partial charge in [0.05, 0.1) is 0 Å². The third-order valence-electron chi connectivity index (χ3n) is 2.67. The van der Waals surface area contributed by atoms with Crippen LogP contribution in [0.15, 0.2) is 23.1 Å². The topological polar surface area (TPSA) is 103 Å². The van der Waals surface area contributed by atoms with Crippen LogP contribution in [-0.2, 0) is 20.9 Å². The van der Waals surface area contributed by atoms with Crippen LogP contribution >= 0.6 is 0 Å². The molecule has 0 aromatic carbocycles. The molecule has 1 amide bonds. The second-order valence-electron chi connectivity index (χ2n) is 5.20. The lowest BCUT2D eigenvalue weighted by atomic mass is 10.2. The van der Waals surface area contributed by atoms with Crippen LogP contribution < -0.4 is 16.6 Å². The van der Waals surface area contributed by atoms with Crippen LogP contribution in [0, 0.1) is 5.92 Å². The van der Waals surface area contributed by atoms with Crippen molar-refractivity contribution in [1.29, 1.82) is 0 Å². The number of nitrogen functional groups attached to an aromatic ring is 1. The number of nitrogens with two attached hydrogens (primary N) is 1. The Labute approximate surface area is 123 Å². The fourth-order valence-corrected chi connectivity index (χ4v) is 1.55. The van der Waals surface area contributed by atoms with Crippen LogP contribution in [0.25, 0.3) is 0 Å². The Hall–Kier alpha value is -2.31. The van der Waals surface area contributed by atoms with Gasteiger partial charge in [-0.25, -0.2) is 0 Å². The molecule has 1 atom stereocenters. The van der Waals surface area contributed by atoms with Crippen LogP contribution in [0.3, 0.4) is 0 Å². The summed E-state index contributed by atoms with van der Waals surface area (Å²) in [6.45, 7) is 5.63. The largest absolute Gasteiger partial charge is 0.451 e. The van der Waals surface area contributed by atoms with Gasteiger partial charge < -0.3 is 20.4 Å². The summed E-state index contributed by atoms with van der Waals surface area (Å²) in [5, 5.41) is 2.67. The van der Waals surface area contributed by atoms with Gasteiger partial charge >= 0.3 is 5.97 Å². The third-order valence-corrected chi connectivity index (χ3v) is 2.67. The Balaban J connectivity index is 2.55. The fraction of sp³-hybridized carbons (Fsp3) is 0.500. The molecular formula is C14H21N3O4. The molecule has 21 heavy (non-hydrogen) atoms. The van der Waals surface area contributed by atoms with Gasteiger partial charge in [-0.3, -0.25) is 14.4 Å². The van der Waals surface area contributed by atoms with E-state index in [4.69, 9.17) is 10.5 Å². The van der Waals surface area contributed by atoms with Crippen molar-refractivity contribution in [2.75, 3.05) is 12.3 Å². The molecule has 1 rings (SSSR count). The van der Waals surface area contributed by atoms with Crippen molar-refractivity contribution in [2.24, 2.45) is 5.92 Å². The van der Waals surface area contributed by atoms with Gasteiger partial charge in [-0.1, -0.05) is 13.8 Å². The maximum absolute atomic E-state index is 11.7. The molecule has 1 aromatic rings. The minimum absolute atomic E-state index is 0.286. The van der Waals surface area contributed by atoms with E-state index >= 15 is 0 Å². The molecule has 0 saturated heterocycles. The number of nitrogens with zero attached hydrogens (tertiary/aromatic N) is 1. The molecule has 7 nitrogen and oxygen atoms in total. The molecule has 0 radical (unpaired) electrons. The van der Waals surface area contributed by atoms with E-state index in [2.05, 4.69) is 5.32 Å². The van der Waals surface area contributed by atoms with Gasteiger partial charge in [0.1, 0.15) is 6.54 Å². The Morgan fingerprint density at radius 3 is 2.62 bits per heavy atom. The molecular weight excluding hydrogens is 274 g/mol. The smallest absolute Gasteiger partial charge is 0.326 e. The van der Waals surface area contributed by atoms with E-state index in [9.17, 15) is 14.4 Å². The van der Waals surface area contributed by atoms with Crippen molar-refractivity contribution in [1.82, 2.24) is 9.88 Å². The average Bonchev–Trinajstić information content (AvgIpc) is 2.39. The summed E-state index contributed by atoms with van der Waals surface area (Å²) in [4.78, 5) is 34.9. The zero-order valence-corrected chi connectivity index (χ0v) is 12.5. The van der Waals surface area contributed by atoms with E-state index in [1.165, 1.54) is 25.3 Å². The molecule has 116 valence electrons. The molecule has 0 aliphatic heterocycles. The zero-order valence-electron chi connectivity index (χ0n) is 12.5. The lowest BCUT2D eigenvalue weighted by molar-refractivity contribution is -0.155. The number of anilines is 1. The molecule has 3 N–H and O–H groups in total.